The summed E-state index contributed by atoms with van der Waals surface area (Å²) < 4.78 is 13.8. The van der Waals surface area contributed by atoms with Gasteiger partial charge in [-0.1, -0.05) is 42.5 Å². The second kappa shape index (κ2) is 7.21. The number of rotatable bonds is 6. The molecule has 2 nitrogen and oxygen atoms in total. The molecule has 0 spiro atoms. The molecule has 0 bridgehead atoms. The van der Waals surface area contributed by atoms with Gasteiger partial charge < -0.3 is 10.3 Å². The molecule has 0 radical (unpaired) electrons. The van der Waals surface area contributed by atoms with Gasteiger partial charge in [0, 0.05) is 46.5 Å². The molecule has 2 aromatic carbocycles. The maximum absolute atomic E-state index is 13.8. The van der Waals surface area contributed by atoms with Gasteiger partial charge in [0.2, 0.25) is 0 Å². The second-order valence-electron chi connectivity index (χ2n) is 6.08. The fraction of sp³-hybridized carbons (Fsp3) is 0.143. The van der Waals surface area contributed by atoms with Crippen molar-refractivity contribution < 1.29 is 4.39 Å². The van der Waals surface area contributed by atoms with Crippen molar-refractivity contribution in [1.82, 2.24) is 10.3 Å². The van der Waals surface area contributed by atoms with Crippen LogP contribution in [0.5, 0.6) is 0 Å². The summed E-state index contributed by atoms with van der Waals surface area (Å²) in [6, 6.07) is 19.5. The molecule has 0 aliphatic heterocycles. The zero-order chi connectivity index (χ0) is 17.1. The van der Waals surface area contributed by atoms with Gasteiger partial charge in [-0.2, -0.15) is 0 Å². The van der Waals surface area contributed by atoms with Gasteiger partial charge in [0.1, 0.15) is 5.82 Å². The summed E-state index contributed by atoms with van der Waals surface area (Å²) >= 11 is 1.76. The van der Waals surface area contributed by atoms with E-state index in [1.165, 1.54) is 21.9 Å². The summed E-state index contributed by atoms with van der Waals surface area (Å²) in [6.07, 6.45) is 2.10. The molecule has 0 aliphatic carbocycles. The third-order valence-corrected chi connectivity index (χ3v) is 5.49. The molecule has 4 aromatic rings. The monoisotopic (exact) mass is 350 g/mol. The third-order valence-electron chi connectivity index (χ3n) is 4.51. The number of benzene rings is 2. The average molecular weight is 350 g/mol. The fourth-order valence-corrected chi connectivity index (χ4v) is 4.07. The first-order valence-corrected chi connectivity index (χ1v) is 9.24. The topological polar surface area (TPSA) is 27.8 Å². The van der Waals surface area contributed by atoms with Crippen molar-refractivity contribution in [3.63, 3.8) is 0 Å². The van der Waals surface area contributed by atoms with Crippen molar-refractivity contribution in [3.05, 3.63) is 94.1 Å². The molecule has 0 fully saturated rings. The number of hydrogen-bond donors (Lipinski definition) is 2. The summed E-state index contributed by atoms with van der Waals surface area (Å²) in [5.41, 5.74) is 3.12. The molecule has 0 amide bonds. The molecule has 1 unspecified atom stereocenters. The van der Waals surface area contributed by atoms with Crippen LogP contribution in [0.3, 0.4) is 0 Å². The van der Waals surface area contributed by atoms with Crippen LogP contribution in [0, 0.1) is 5.82 Å². The maximum atomic E-state index is 13.8. The number of aromatic amines is 1. The van der Waals surface area contributed by atoms with Gasteiger partial charge >= 0.3 is 0 Å². The number of hydrogen-bond acceptors (Lipinski definition) is 2. The molecular formula is C21H19FN2S. The van der Waals surface area contributed by atoms with Crippen molar-refractivity contribution in [2.24, 2.45) is 0 Å². The Labute approximate surface area is 150 Å². The van der Waals surface area contributed by atoms with Gasteiger partial charge in [-0.05, 0) is 29.1 Å². The minimum atomic E-state index is -0.158. The highest BCUT2D eigenvalue weighted by Crippen LogP contribution is 2.32. The standard InChI is InChI=1S/C21H19FN2S/c22-19-8-3-1-6-15(19)12-23-13-18(21-10-5-11-25-21)17-14-24-20-9-4-2-7-16(17)20/h1-11,14,18,23-24H,12-13H2. The number of fused-ring (bicyclic) bond motifs is 1. The number of halogens is 1. The summed E-state index contributed by atoms with van der Waals surface area (Å²) in [5, 5.41) is 6.79. The molecular weight excluding hydrogens is 331 g/mol. The lowest BCUT2D eigenvalue weighted by Gasteiger charge is -2.16. The van der Waals surface area contributed by atoms with Crippen molar-refractivity contribution in [2.45, 2.75) is 12.5 Å². The highest BCUT2D eigenvalue weighted by molar-refractivity contribution is 7.10. The summed E-state index contributed by atoms with van der Waals surface area (Å²) in [7, 11) is 0. The third kappa shape index (κ3) is 3.36. The van der Waals surface area contributed by atoms with Crippen LogP contribution >= 0.6 is 11.3 Å². The van der Waals surface area contributed by atoms with Crippen LogP contribution in [0.25, 0.3) is 10.9 Å². The summed E-state index contributed by atoms with van der Waals surface area (Å²) in [6.45, 7) is 1.29. The number of thiophene rings is 1. The first kappa shape index (κ1) is 16.1. The van der Waals surface area contributed by atoms with Gasteiger partial charge in [-0.25, -0.2) is 4.39 Å². The van der Waals surface area contributed by atoms with Crippen LogP contribution in [0.15, 0.2) is 72.2 Å². The molecule has 25 heavy (non-hydrogen) atoms. The molecule has 0 aliphatic rings. The van der Waals surface area contributed by atoms with Crippen molar-refractivity contribution in [1.29, 1.82) is 0 Å². The number of H-pyrrole nitrogens is 1. The second-order valence-corrected chi connectivity index (χ2v) is 7.06. The minimum absolute atomic E-state index is 0.158. The van der Waals surface area contributed by atoms with E-state index >= 15 is 0 Å². The molecule has 0 saturated carbocycles. The Hall–Kier alpha value is -2.43. The lowest BCUT2D eigenvalue weighted by molar-refractivity contribution is 0.579. The number of aromatic nitrogens is 1. The lowest BCUT2D eigenvalue weighted by atomic mass is 9.96. The van der Waals surface area contributed by atoms with Crippen LogP contribution < -0.4 is 5.32 Å². The number of para-hydroxylation sites is 1. The average Bonchev–Trinajstić information content (AvgIpc) is 3.30. The van der Waals surface area contributed by atoms with Gasteiger partial charge in [-0.3, -0.25) is 0 Å². The van der Waals surface area contributed by atoms with Crippen molar-refractivity contribution >= 4 is 22.2 Å². The quantitative estimate of drug-likeness (QED) is 0.486. The van der Waals surface area contributed by atoms with E-state index in [2.05, 4.69) is 52.2 Å². The Bertz CT molecular complexity index is 959. The van der Waals surface area contributed by atoms with E-state index in [-0.39, 0.29) is 11.7 Å². The summed E-state index contributed by atoms with van der Waals surface area (Å²) in [4.78, 5) is 4.68. The van der Waals surface area contributed by atoms with Gasteiger partial charge in [-0.15, -0.1) is 11.3 Å². The first-order chi connectivity index (χ1) is 12.3. The van der Waals surface area contributed by atoms with Gasteiger partial charge in [0.05, 0.1) is 0 Å². The predicted octanol–water partition coefficient (Wildman–Crippen LogP) is 5.29. The Balaban J connectivity index is 1.58. The Kier molecular flexibility index (Phi) is 4.63. The normalized spacial score (nSPS) is 12.5. The van der Waals surface area contributed by atoms with E-state index in [0.29, 0.717) is 12.1 Å². The van der Waals surface area contributed by atoms with Crippen LogP contribution in [0.4, 0.5) is 4.39 Å². The SMILES string of the molecule is Fc1ccccc1CNCC(c1cccs1)c1c[nH]c2ccccc12. The zero-order valence-corrected chi connectivity index (χ0v) is 14.5. The Morgan fingerprint density at radius 2 is 1.84 bits per heavy atom. The molecule has 2 N–H and O–H groups in total. The predicted molar refractivity (Wildman–Crippen MR) is 103 cm³/mol. The van der Waals surface area contributed by atoms with Crippen LogP contribution in [0.1, 0.15) is 21.9 Å². The lowest BCUT2D eigenvalue weighted by Crippen LogP contribution is -2.22. The molecule has 2 heterocycles. The maximum Gasteiger partial charge on any atom is 0.127 e. The van der Waals surface area contributed by atoms with Crippen LogP contribution in [-0.2, 0) is 6.54 Å². The van der Waals surface area contributed by atoms with E-state index in [9.17, 15) is 4.39 Å². The highest BCUT2D eigenvalue weighted by Gasteiger charge is 2.18. The van der Waals surface area contributed by atoms with Crippen LogP contribution in [0.2, 0.25) is 0 Å². The van der Waals surface area contributed by atoms with Gasteiger partial charge in [0.15, 0.2) is 0 Å². The molecule has 1 atom stereocenters. The van der Waals surface area contributed by atoms with Crippen LogP contribution in [-0.4, -0.2) is 11.5 Å². The molecule has 4 rings (SSSR count). The first-order valence-electron chi connectivity index (χ1n) is 8.36. The highest BCUT2D eigenvalue weighted by atomic mass is 32.1. The van der Waals surface area contributed by atoms with Crippen molar-refractivity contribution in [3.8, 4) is 0 Å². The van der Waals surface area contributed by atoms with E-state index in [4.69, 9.17) is 0 Å². The smallest absolute Gasteiger partial charge is 0.127 e. The van der Waals surface area contributed by atoms with E-state index in [1.807, 2.05) is 18.2 Å². The minimum Gasteiger partial charge on any atom is -0.361 e. The van der Waals surface area contributed by atoms with Gasteiger partial charge in [0.25, 0.3) is 0 Å². The fourth-order valence-electron chi connectivity index (χ4n) is 3.23. The largest absolute Gasteiger partial charge is 0.361 e. The number of nitrogens with one attached hydrogen (secondary N) is 2. The Morgan fingerprint density at radius 1 is 1.00 bits per heavy atom. The van der Waals surface area contributed by atoms with E-state index in [0.717, 1.165) is 12.1 Å². The van der Waals surface area contributed by atoms with E-state index < -0.39 is 0 Å². The Morgan fingerprint density at radius 3 is 2.68 bits per heavy atom. The summed E-state index contributed by atoms with van der Waals surface area (Å²) in [5.74, 6) is 0.0812. The molecule has 4 heteroatoms. The zero-order valence-electron chi connectivity index (χ0n) is 13.7. The molecule has 126 valence electrons. The molecule has 0 saturated heterocycles. The molecule has 2 aromatic heterocycles. The van der Waals surface area contributed by atoms with Crippen molar-refractivity contribution in [2.75, 3.05) is 6.54 Å². The van der Waals surface area contributed by atoms with E-state index in [1.54, 1.807) is 17.4 Å².